The van der Waals surface area contributed by atoms with Crippen LogP contribution in [-0.4, -0.2) is 36.1 Å². The van der Waals surface area contributed by atoms with Crippen LogP contribution in [-0.2, 0) is 13.0 Å². The minimum Gasteiger partial charge on any atom is -0.358 e. The Morgan fingerprint density at radius 1 is 1.45 bits per heavy atom. The summed E-state index contributed by atoms with van der Waals surface area (Å²) in [5.41, 5.74) is 0.639. The van der Waals surface area contributed by atoms with Crippen LogP contribution in [0.1, 0.15) is 12.6 Å². The van der Waals surface area contributed by atoms with Crippen molar-refractivity contribution in [2.75, 3.05) is 11.9 Å². The number of hydrogen-bond acceptors (Lipinski definition) is 7. The molecule has 104 valence electrons. The first kappa shape index (κ1) is 12.7. The number of aryl methyl sites for hydroxylation is 1. The second-order valence-corrected chi connectivity index (χ2v) is 5.09. The van der Waals surface area contributed by atoms with E-state index in [2.05, 4.69) is 25.7 Å². The highest BCUT2D eigenvalue weighted by Crippen LogP contribution is 2.16. The van der Waals surface area contributed by atoms with E-state index < -0.39 is 0 Å². The van der Waals surface area contributed by atoms with Gasteiger partial charge in [0.2, 0.25) is 10.1 Å². The Morgan fingerprint density at radius 3 is 3.10 bits per heavy atom. The molecule has 0 aliphatic rings. The molecule has 8 nitrogen and oxygen atoms in total. The summed E-state index contributed by atoms with van der Waals surface area (Å²) in [6.07, 6.45) is 4.16. The van der Waals surface area contributed by atoms with Crippen LogP contribution in [0, 0.1) is 0 Å². The first-order valence-electron chi connectivity index (χ1n) is 6.24. The van der Waals surface area contributed by atoms with E-state index in [-0.39, 0.29) is 5.56 Å². The molecule has 0 aromatic carbocycles. The summed E-state index contributed by atoms with van der Waals surface area (Å²) in [5, 5.41) is 15.6. The number of nitrogens with zero attached hydrogens (tertiary/aromatic N) is 6. The summed E-state index contributed by atoms with van der Waals surface area (Å²) >= 11 is 1.36. The van der Waals surface area contributed by atoms with Crippen LogP contribution < -0.4 is 10.9 Å². The van der Waals surface area contributed by atoms with Crippen molar-refractivity contribution >= 4 is 21.4 Å². The smallest absolute Gasteiger partial charge is 0.275 e. The number of rotatable bonds is 5. The second kappa shape index (κ2) is 5.37. The molecule has 0 amide bonds. The van der Waals surface area contributed by atoms with Gasteiger partial charge < -0.3 is 5.32 Å². The molecule has 0 atom stereocenters. The summed E-state index contributed by atoms with van der Waals surface area (Å²) in [7, 11) is 0. The Morgan fingerprint density at radius 2 is 2.35 bits per heavy atom. The van der Waals surface area contributed by atoms with E-state index >= 15 is 0 Å². The lowest BCUT2D eigenvalue weighted by atomic mass is 10.3. The van der Waals surface area contributed by atoms with Gasteiger partial charge in [0.15, 0.2) is 0 Å². The zero-order chi connectivity index (χ0) is 13.9. The Kier molecular flexibility index (Phi) is 3.42. The molecular weight excluding hydrogens is 278 g/mol. The van der Waals surface area contributed by atoms with Crippen LogP contribution in [0.2, 0.25) is 0 Å². The molecule has 9 heteroatoms. The lowest BCUT2D eigenvalue weighted by molar-refractivity contribution is 0.608. The average Bonchev–Trinajstić information content (AvgIpc) is 3.08. The Bertz CT molecular complexity index is 761. The van der Waals surface area contributed by atoms with Gasteiger partial charge in [0, 0.05) is 24.5 Å². The molecule has 0 aliphatic carbocycles. The maximum Gasteiger partial charge on any atom is 0.275 e. The van der Waals surface area contributed by atoms with Gasteiger partial charge in [-0.1, -0.05) is 23.5 Å². The highest BCUT2D eigenvalue weighted by Gasteiger charge is 2.07. The van der Waals surface area contributed by atoms with E-state index in [0.29, 0.717) is 23.2 Å². The zero-order valence-corrected chi connectivity index (χ0v) is 11.7. The van der Waals surface area contributed by atoms with Crippen LogP contribution in [0.3, 0.4) is 0 Å². The van der Waals surface area contributed by atoms with Gasteiger partial charge in [-0.25, -0.2) is 4.98 Å². The summed E-state index contributed by atoms with van der Waals surface area (Å²) < 4.78 is 3.04. The highest BCUT2D eigenvalue weighted by atomic mass is 32.1. The van der Waals surface area contributed by atoms with Crippen molar-refractivity contribution in [3.8, 4) is 0 Å². The number of aromatic nitrogens is 6. The molecule has 3 aromatic heterocycles. The van der Waals surface area contributed by atoms with E-state index in [0.717, 1.165) is 12.1 Å². The Balaban J connectivity index is 1.75. The van der Waals surface area contributed by atoms with Crippen molar-refractivity contribution < 1.29 is 0 Å². The molecule has 0 spiro atoms. The van der Waals surface area contributed by atoms with Crippen molar-refractivity contribution in [2.24, 2.45) is 0 Å². The number of hydrogen-bond donors (Lipinski definition) is 1. The predicted molar refractivity (Wildman–Crippen MR) is 75.0 cm³/mol. The fourth-order valence-electron chi connectivity index (χ4n) is 1.74. The first-order valence-corrected chi connectivity index (χ1v) is 7.05. The van der Waals surface area contributed by atoms with Gasteiger partial charge in [-0.05, 0) is 6.42 Å². The standard InChI is InChI=1S/C11H13N7OS/c1-2-8-7-9(19)18-11(14-8)20-10(15-18)12-3-5-17-6-4-13-16-17/h4,6-7H,2-3,5H2,1H3,(H,12,15). The van der Waals surface area contributed by atoms with Crippen molar-refractivity contribution in [3.05, 3.63) is 34.5 Å². The van der Waals surface area contributed by atoms with Crippen LogP contribution in [0.15, 0.2) is 23.3 Å². The second-order valence-electron chi connectivity index (χ2n) is 4.13. The van der Waals surface area contributed by atoms with E-state index in [1.807, 2.05) is 6.92 Å². The van der Waals surface area contributed by atoms with Crippen molar-refractivity contribution in [1.82, 2.24) is 29.6 Å². The summed E-state index contributed by atoms with van der Waals surface area (Å²) in [6, 6.07) is 1.52. The molecule has 0 unspecified atom stereocenters. The predicted octanol–water partition coefficient (Wildman–Crippen LogP) is 0.417. The monoisotopic (exact) mass is 291 g/mol. The molecule has 3 rings (SSSR count). The molecule has 0 bridgehead atoms. The van der Waals surface area contributed by atoms with Crippen molar-refractivity contribution in [1.29, 1.82) is 0 Å². The fraction of sp³-hybridized carbons (Fsp3) is 0.364. The summed E-state index contributed by atoms with van der Waals surface area (Å²) in [6.45, 7) is 3.30. The van der Waals surface area contributed by atoms with Crippen LogP contribution in [0.25, 0.3) is 4.96 Å². The lowest BCUT2D eigenvalue weighted by Crippen LogP contribution is -2.16. The van der Waals surface area contributed by atoms with Crippen LogP contribution in [0.5, 0.6) is 0 Å². The summed E-state index contributed by atoms with van der Waals surface area (Å²) in [4.78, 5) is 16.8. The van der Waals surface area contributed by atoms with Crippen molar-refractivity contribution in [3.63, 3.8) is 0 Å². The topological polar surface area (TPSA) is 90.0 Å². The molecule has 0 saturated heterocycles. The third kappa shape index (κ3) is 2.52. The molecule has 3 heterocycles. The molecule has 0 aliphatic heterocycles. The number of fused-ring (bicyclic) bond motifs is 1. The molecule has 3 aromatic rings. The molecule has 1 N–H and O–H groups in total. The summed E-state index contributed by atoms with van der Waals surface area (Å²) in [5.74, 6) is 0. The first-order chi connectivity index (χ1) is 9.76. The van der Waals surface area contributed by atoms with Crippen LogP contribution >= 0.6 is 11.3 Å². The average molecular weight is 291 g/mol. The van der Waals surface area contributed by atoms with Gasteiger partial charge in [0.25, 0.3) is 5.56 Å². The maximum absolute atomic E-state index is 11.8. The number of anilines is 1. The Hall–Kier alpha value is -2.29. The Labute approximate surface area is 118 Å². The molecule has 20 heavy (non-hydrogen) atoms. The third-order valence-corrected chi connectivity index (χ3v) is 3.62. The third-order valence-electron chi connectivity index (χ3n) is 2.75. The largest absolute Gasteiger partial charge is 0.358 e. The van der Waals surface area contributed by atoms with E-state index in [1.165, 1.54) is 21.9 Å². The van der Waals surface area contributed by atoms with Gasteiger partial charge in [-0.2, -0.15) is 4.52 Å². The zero-order valence-electron chi connectivity index (χ0n) is 10.9. The van der Waals surface area contributed by atoms with Gasteiger partial charge in [-0.3, -0.25) is 9.48 Å². The van der Waals surface area contributed by atoms with Gasteiger partial charge in [0.05, 0.1) is 12.7 Å². The SMILES string of the molecule is CCc1cc(=O)n2nc(NCCn3ccnn3)sc2n1. The number of nitrogens with one attached hydrogen (secondary N) is 1. The normalized spacial score (nSPS) is 11.1. The maximum atomic E-state index is 11.8. The molecule has 0 saturated carbocycles. The van der Waals surface area contributed by atoms with E-state index in [4.69, 9.17) is 0 Å². The van der Waals surface area contributed by atoms with E-state index in [1.54, 1.807) is 17.1 Å². The molecular formula is C11H13N7OS. The lowest BCUT2D eigenvalue weighted by Gasteiger charge is -2.00. The quantitative estimate of drug-likeness (QED) is 0.732. The van der Waals surface area contributed by atoms with Gasteiger partial charge >= 0.3 is 0 Å². The highest BCUT2D eigenvalue weighted by molar-refractivity contribution is 7.20. The molecule has 0 fully saturated rings. The van der Waals surface area contributed by atoms with E-state index in [9.17, 15) is 4.79 Å². The minimum atomic E-state index is -0.146. The molecule has 0 radical (unpaired) electrons. The van der Waals surface area contributed by atoms with Crippen molar-refractivity contribution in [2.45, 2.75) is 19.9 Å². The van der Waals surface area contributed by atoms with Crippen LogP contribution in [0.4, 0.5) is 5.13 Å². The van der Waals surface area contributed by atoms with Gasteiger partial charge in [0.1, 0.15) is 0 Å². The fourth-order valence-corrected chi connectivity index (χ4v) is 2.59. The minimum absolute atomic E-state index is 0.146. The van der Waals surface area contributed by atoms with Gasteiger partial charge in [-0.15, -0.1) is 10.2 Å².